The van der Waals surface area contributed by atoms with E-state index in [1.807, 2.05) is 67.8 Å². The maximum absolute atomic E-state index is 13.1. The highest BCUT2D eigenvalue weighted by Gasteiger charge is 2.17. The number of nitrogens with zero attached hydrogens (tertiary/aromatic N) is 1. The summed E-state index contributed by atoms with van der Waals surface area (Å²) >= 11 is 8.20. The summed E-state index contributed by atoms with van der Waals surface area (Å²) in [5.74, 6) is -0.447. The third-order valence-electron chi connectivity index (χ3n) is 4.96. The fourth-order valence-corrected chi connectivity index (χ4v) is 5.01. The SMILES string of the molecule is Cc1ccc(NC(=S)Nc2cccc(SC(C)C(=O)Nc3nc(-c4ccc(F)cc4)cs3)c2)cc1. The highest BCUT2D eigenvalue weighted by atomic mass is 32.2. The van der Waals surface area contributed by atoms with Crippen LogP contribution < -0.4 is 16.0 Å². The first-order chi connectivity index (χ1) is 16.9. The number of benzene rings is 3. The van der Waals surface area contributed by atoms with E-state index in [1.54, 1.807) is 12.1 Å². The van der Waals surface area contributed by atoms with Crippen LogP contribution in [0, 0.1) is 12.7 Å². The zero-order valence-corrected chi connectivity index (χ0v) is 21.5. The molecule has 0 bridgehead atoms. The van der Waals surface area contributed by atoms with Gasteiger partial charge in [0.05, 0.1) is 10.9 Å². The lowest BCUT2D eigenvalue weighted by atomic mass is 10.2. The predicted octanol–water partition coefficient (Wildman–Crippen LogP) is 7.19. The summed E-state index contributed by atoms with van der Waals surface area (Å²) in [6, 6.07) is 21.8. The molecule has 0 aliphatic carbocycles. The largest absolute Gasteiger partial charge is 0.332 e. The number of nitrogens with one attached hydrogen (secondary N) is 3. The molecule has 4 rings (SSSR count). The lowest BCUT2D eigenvalue weighted by molar-refractivity contribution is -0.115. The molecule has 35 heavy (non-hydrogen) atoms. The van der Waals surface area contributed by atoms with Crippen molar-refractivity contribution in [1.82, 2.24) is 4.98 Å². The summed E-state index contributed by atoms with van der Waals surface area (Å²) in [5, 5.41) is 11.7. The van der Waals surface area contributed by atoms with Gasteiger partial charge in [0.2, 0.25) is 5.91 Å². The number of anilines is 3. The molecule has 9 heteroatoms. The van der Waals surface area contributed by atoms with Gasteiger partial charge in [0.15, 0.2) is 10.2 Å². The van der Waals surface area contributed by atoms with Crippen LogP contribution >= 0.6 is 35.3 Å². The number of carbonyl (C=O) groups excluding carboxylic acids is 1. The van der Waals surface area contributed by atoms with Gasteiger partial charge in [0, 0.05) is 27.2 Å². The van der Waals surface area contributed by atoms with E-state index in [1.165, 1.54) is 40.8 Å². The Morgan fingerprint density at radius 3 is 2.46 bits per heavy atom. The molecule has 1 unspecified atom stereocenters. The fourth-order valence-electron chi connectivity index (χ4n) is 3.13. The molecular formula is C26H23FN4OS3. The third kappa shape index (κ3) is 7.11. The number of rotatable bonds is 7. The number of thiocarbonyl (C=S) groups is 1. The summed E-state index contributed by atoms with van der Waals surface area (Å²) in [7, 11) is 0. The van der Waals surface area contributed by atoms with Gasteiger partial charge >= 0.3 is 0 Å². The Kier molecular flexibility index (Phi) is 8.12. The summed E-state index contributed by atoms with van der Waals surface area (Å²) < 4.78 is 13.1. The minimum absolute atomic E-state index is 0.148. The van der Waals surface area contributed by atoms with Crippen molar-refractivity contribution < 1.29 is 9.18 Å². The normalized spacial score (nSPS) is 11.5. The van der Waals surface area contributed by atoms with E-state index in [9.17, 15) is 9.18 Å². The monoisotopic (exact) mass is 522 g/mol. The number of aryl methyl sites for hydroxylation is 1. The molecule has 1 aromatic heterocycles. The summed E-state index contributed by atoms with van der Waals surface area (Å²) in [4.78, 5) is 18.1. The number of thioether (sulfide) groups is 1. The lowest BCUT2D eigenvalue weighted by Crippen LogP contribution is -2.22. The average molecular weight is 523 g/mol. The second-order valence-corrected chi connectivity index (χ2v) is 10.4. The number of carbonyl (C=O) groups is 1. The first-order valence-electron chi connectivity index (χ1n) is 10.8. The van der Waals surface area contributed by atoms with E-state index in [2.05, 4.69) is 20.9 Å². The van der Waals surface area contributed by atoms with Gasteiger partial charge in [-0.2, -0.15) is 0 Å². The van der Waals surface area contributed by atoms with Crippen molar-refractivity contribution in [2.24, 2.45) is 0 Å². The molecule has 5 nitrogen and oxygen atoms in total. The Morgan fingerprint density at radius 2 is 1.71 bits per heavy atom. The molecule has 3 aromatic carbocycles. The van der Waals surface area contributed by atoms with Crippen LogP contribution in [-0.2, 0) is 4.79 Å². The predicted molar refractivity (Wildman–Crippen MR) is 149 cm³/mol. The highest BCUT2D eigenvalue weighted by molar-refractivity contribution is 8.00. The minimum Gasteiger partial charge on any atom is -0.332 e. The van der Waals surface area contributed by atoms with Gasteiger partial charge in [0.25, 0.3) is 0 Å². The van der Waals surface area contributed by atoms with Crippen LogP contribution in [0.2, 0.25) is 0 Å². The Morgan fingerprint density at radius 1 is 1.00 bits per heavy atom. The topological polar surface area (TPSA) is 66.0 Å². The van der Waals surface area contributed by atoms with Crippen molar-refractivity contribution in [2.45, 2.75) is 24.0 Å². The number of amides is 1. The van der Waals surface area contributed by atoms with E-state index in [0.29, 0.717) is 15.9 Å². The van der Waals surface area contributed by atoms with E-state index in [0.717, 1.165) is 21.8 Å². The van der Waals surface area contributed by atoms with Gasteiger partial charge in [-0.3, -0.25) is 4.79 Å². The highest BCUT2D eigenvalue weighted by Crippen LogP contribution is 2.29. The number of thiazole rings is 1. The second kappa shape index (κ2) is 11.4. The Hall–Kier alpha value is -3.27. The minimum atomic E-state index is -0.346. The van der Waals surface area contributed by atoms with Crippen LogP contribution in [0.25, 0.3) is 11.3 Å². The number of hydrogen-bond donors (Lipinski definition) is 3. The van der Waals surface area contributed by atoms with Crippen molar-refractivity contribution in [2.75, 3.05) is 16.0 Å². The summed E-state index contributed by atoms with van der Waals surface area (Å²) in [6.45, 7) is 3.88. The van der Waals surface area contributed by atoms with Crippen LogP contribution in [0.15, 0.2) is 83.1 Å². The quantitative estimate of drug-likeness (QED) is 0.176. The molecule has 0 aliphatic rings. The molecule has 0 saturated heterocycles. The molecule has 0 fully saturated rings. The lowest BCUT2D eigenvalue weighted by Gasteiger charge is -2.13. The molecule has 3 N–H and O–H groups in total. The summed E-state index contributed by atoms with van der Waals surface area (Å²) in [5.41, 5.74) is 4.41. The first kappa shape index (κ1) is 24.8. The van der Waals surface area contributed by atoms with Gasteiger partial charge in [-0.15, -0.1) is 23.1 Å². The summed E-state index contributed by atoms with van der Waals surface area (Å²) in [6.07, 6.45) is 0. The van der Waals surface area contributed by atoms with Crippen LogP contribution in [0.4, 0.5) is 20.9 Å². The maximum Gasteiger partial charge on any atom is 0.239 e. The molecule has 1 amide bonds. The maximum atomic E-state index is 13.1. The van der Waals surface area contributed by atoms with Gasteiger partial charge in [-0.25, -0.2) is 9.37 Å². The number of hydrogen-bond acceptors (Lipinski definition) is 5. The van der Waals surface area contributed by atoms with Crippen LogP contribution in [0.5, 0.6) is 0 Å². The molecule has 1 atom stereocenters. The van der Waals surface area contributed by atoms with Crippen molar-refractivity contribution >= 4 is 62.8 Å². The second-order valence-electron chi connectivity index (χ2n) is 7.77. The van der Waals surface area contributed by atoms with Crippen molar-refractivity contribution in [3.8, 4) is 11.3 Å². The molecular weight excluding hydrogens is 500 g/mol. The van der Waals surface area contributed by atoms with Gasteiger partial charge < -0.3 is 16.0 Å². The van der Waals surface area contributed by atoms with Crippen LogP contribution in [0.3, 0.4) is 0 Å². The molecule has 0 radical (unpaired) electrons. The molecule has 178 valence electrons. The van der Waals surface area contributed by atoms with E-state index in [4.69, 9.17) is 12.2 Å². The van der Waals surface area contributed by atoms with Crippen molar-refractivity contribution in [1.29, 1.82) is 0 Å². The smallest absolute Gasteiger partial charge is 0.239 e. The Labute approximate surface area is 217 Å². The van der Waals surface area contributed by atoms with Crippen LogP contribution in [0.1, 0.15) is 12.5 Å². The molecule has 0 spiro atoms. The van der Waals surface area contributed by atoms with Crippen LogP contribution in [-0.4, -0.2) is 21.3 Å². The zero-order valence-electron chi connectivity index (χ0n) is 19.0. The van der Waals surface area contributed by atoms with Crippen molar-refractivity contribution in [3.05, 3.63) is 89.6 Å². The Bertz CT molecular complexity index is 1320. The number of halogens is 1. The average Bonchev–Trinajstić information content (AvgIpc) is 3.29. The van der Waals surface area contributed by atoms with E-state index < -0.39 is 0 Å². The third-order valence-corrected chi connectivity index (χ3v) is 7.01. The van der Waals surface area contributed by atoms with Crippen molar-refractivity contribution in [3.63, 3.8) is 0 Å². The Balaban J connectivity index is 1.32. The molecule has 0 saturated carbocycles. The first-order valence-corrected chi connectivity index (χ1v) is 13.0. The molecule has 1 heterocycles. The molecule has 0 aliphatic heterocycles. The van der Waals surface area contributed by atoms with E-state index in [-0.39, 0.29) is 17.0 Å². The molecule has 4 aromatic rings. The standard InChI is InChI=1S/C26H23FN4OS3/c1-16-6-12-20(13-7-16)28-25(33)29-21-4-3-5-22(14-21)35-17(2)24(32)31-26-30-23(15-34-26)18-8-10-19(27)11-9-18/h3-15,17H,1-2H3,(H2,28,29,33)(H,30,31,32). The fraction of sp³-hybridized carbons (Fsp3) is 0.115. The van der Waals surface area contributed by atoms with Gasteiger partial charge in [0.1, 0.15) is 5.82 Å². The number of aromatic nitrogens is 1. The van der Waals surface area contributed by atoms with Gasteiger partial charge in [-0.05, 0) is 80.7 Å². The van der Waals surface area contributed by atoms with Gasteiger partial charge in [-0.1, -0.05) is 23.8 Å². The zero-order chi connectivity index (χ0) is 24.8. The van der Waals surface area contributed by atoms with E-state index >= 15 is 0 Å².